The lowest BCUT2D eigenvalue weighted by atomic mass is 9.98. The summed E-state index contributed by atoms with van der Waals surface area (Å²) in [5.41, 5.74) is 0.910. The van der Waals surface area contributed by atoms with Gasteiger partial charge in [0.25, 0.3) is 0 Å². The maximum Gasteiger partial charge on any atom is 0.305 e. The first-order valence-electron chi connectivity index (χ1n) is 9.35. The molecule has 0 aromatic heterocycles. The Hall–Kier alpha value is -1.64. The van der Waals surface area contributed by atoms with Crippen LogP contribution in [0.2, 0.25) is 0 Å². The number of methoxy groups -OCH3 is 1. The summed E-state index contributed by atoms with van der Waals surface area (Å²) in [5.74, 6) is 0.150. The van der Waals surface area contributed by atoms with Crippen LogP contribution in [0.25, 0.3) is 0 Å². The van der Waals surface area contributed by atoms with Crippen molar-refractivity contribution in [3.63, 3.8) is 0 Å². The Morgan fingerprint density at radius 3 is 2.62 bits per heavy atom. The Morgan fingerprint density at radius 2 is 1.88 bits per heavy atom. The van der Waals surface area contributed by atoms with Gasteiger partial charge in [-0.15, -0.1) is 0 Å². The van der Waals surface area contributed by atoms with Crippen molar-refractivity contribution in [2.45, 2.75) is 71.1 Å². The van der Waals surface area contributed by atoms with Crippen molar-refractivity contribution in [3.05, 3.63) is 36.0 Å². The van der Waals surface area contributed by atoms with E-state index in [1.807, 2.05) is 6.08 Å². The molecule has 0 amide bonds. The van der Waals surface area contributed by atoms with Gasteiger partial charge in [0.2, 0.25) is 0 Å². The molecule has 0 aromatic carbocycles. The van der Waals surface area contributed by atoms with Gasteiger partial charge in [0.15, 0.2) is 5.78 Å². The zero-order valence-electron chi connectivity index (χ0n) is 15.3. The first kappa shape index (κ1) is 20.4. The summed E-state index contributed by atoms with van der Waals surface area (Å²) in [6, 6.07) is 0. The van der Waals surface area contributed by atoms with Crippen LogP contribution < -0.4 is 0 Å². The van der Waals surface area contributed by atoms with Crippen molar-refractivity contribution >= 4 is 11.8 Å². The molecule has 1 aliphatic rings. The summed E-state index contributed by atoms with van der Waals surface area (Å²) in [4.78, 5) is 23.0. The van der Waals surface area contributed by atoms with E-state index >= 15 is 0 Å². The summed E-state index contributed by atoms with van der Waals surface area (Å²) < 4.78 is 4.62. The zero-order chi connectivity index (χ0) is 17.6. The minimum atomic E-state index is -0.146. The van der Waals surface area contributed by atoms with Crippen LogP contribution in [0.3, 0.4) is 0 Å². The van der Waals surface area contributed by atoms with Crippen LogP contribution in [0, 0.1) is 5.92 Å². The van der Waals surface area contributed by atoms with Crippen LogP contribution in [0.15, 0.2) is 36.0 Å². The van der Waals surface area contributed by atoms with E-state index in [1.54, 1.807) is 6.08 Å². The van der Waals surface area contributed by atoms with Gasteiger partial charge in [-0.3, -0.25) is 9.59 Å². The van der Waals surface area contributed by atoms with Gasteiger partial charge in [-0.25, -0.2) is 0 Å². The maximum absolute atomic E-state index is 12.0. The summed E-state index contributed by atoms with van der Waals surface area (Å²) >= 11 is 0. The third kappa shape index (κ3) is 8.28. The van der Waals surface area contributed by atoms with E-state index in [2.05, 4.69) is 29.9 Å². The molecule has 134 valence electrons. The largest absolute Gasteiger partial charge is 0.469 e. The summed E-state index contributed by atoms with van der Waals surface area (Å²) in [7, 11) is 1.42. The first-order chi connectivity index (χ1) is 11.7. The number of ketones is 1. The Kier molecular flexibility index (Phi) is 10.8. The third-order valence-corrected chi connectivity index (χ3v) is 4.34. The number of ether oxygens (including phenoxy) is 1. The molecule has 1 aliphatic carbocycles. The SMILES string of the molecule is CCCCCC/C=C/C1C=CC(=O)/C1=C\CCCCCC(=O)OC. The highest BCUT2D eigenvalue weighted by Crippen LogP contribution is 2.24. The van der Waals surface area contributed by atoms with Crippen molar-refractivity contribution in [2.24, 2.45) is 5.92 Å². The number of unbranched alkanes of at least 4 members (excludes halogenated alkanes) is 7. The molecule has 0 aromatic rings. The van der Waals surface area contributed by atoms with Gasteiger partial charge < -0.3 is 4.74 Å². The normalized spacial score (nSPS) is 18.8. The van der Waals surface area contributed by atoms with Gasteiger partial charge >= 0.3 is 5.97 Å². The fourth-order valence-corrected chi connectivity index (χ4v) is 2.84. The van der Waals surface area contributed by atoms with E-state index in [-0.39, 0.29) is 17.7 Å². The van der Waals surface area contributed by atoms with Crippen molar-refractivity contribution in [2.75, 3.05) is 7.11 Å². The lowest BCUT2D eigenvalue weighted by Gasteiger charge is -2.05. The molecule has 0 spiro atoms. The van der Waals surface area contributed by atoms with Gasteiger partial charge in [0, 0.05) is 17.9 Å². The van der Waals surface area contributed by atoms with Gasteiger partial charge in [0.1, 0.15) is 0 Å². The van der Waals surface area contributed by atoms with Crippen LogP contribution in [0.1, 0.15) is 71.1 Å². The van der Waals surface area contributed by atoms with Gasteiger partial charge in [-0.05, 0) is 38.2 Å². The summed E-state index contributed by atoms with van der Waals surface area (Å²) in [5, 5.41) is 0. The maximum atomic E-state index is 12.0. The van der Waals surface area contributed by atoms with Crippen LogP contribution in [0.4, 0.5) is 0 Å². The molecule has 0 fully saturated rings. The second kappa shape index (κ2) is 12.7. The number of hydrogen-bond donors (Lipinski definition) is 0. The molecule has 0 bridgehead atoms. The number of allylic oxidation sites excluding steroid dienone is 6. The number of carbonyl (C=O) groups excluding carboxylic acids is 2. The molecule has 0 N–H and O–H groups in total. The summed E-state index contributed by atoms with van der Waals surface area (Å²) in [6.45, 7) is 2.22. The van der Waals surface area contributed by atoms with Crippen molar-refractivity contribution in [1.82, 2.24) is 0 Å². The summed E-state index contributed by atoms with van der Waals surface area (Å²) in [6.07, 6.45) is 20.5. The Labute approximate surface area is 146 Å². The Balaban J connectivity index is 2.29. The van der Waals surface area contributed by atoms with Crippen molar-refractivity contribution < 1.29 is 14.3 Å². The first-order valence-corrected chi connectivity index (χ1v) is 9.35. The van der Waals surface area contributed by atoms with E-state index in [0.29, 0.717) is 6.42 Å². The van der Waals surface area contributed by atoms with E-state index in [4.69, 9.17) is 0 Å². The van der Waals surface area contributed by atoms with E-state index in [1.165, 1.54) is 32.8 Å². The van der Waals surface area contributed by atoms with Crippen LogP contribution >= 0.6 is 0 Å². The number of carbonyl (C=O) groups is 2. The Morgan fingerprint density at radius 1 is 1.12 bits per heavy atom. The quantitative estimate of drug-likeness (QED) is 0.210. The number of rotatable bonds is 12. The average molecular weight is 332 g/mol. The highest BCUT2D eigenvalue weighted by atomic mass is 16.5. The molecular formula is C21H32O3. The second-order valence-corrected chi connectivity index (χ2v) is 6.36. The van der Waals surface area contributed by atoms with Crippen molar-refractivity contribution in [1.29, 1.82) is 0 Å². The fourth-order valence-electron chi connectivity index (χ4n) is 2.84. The zero-order valence-corrected chi connectivity index (χ0v) is 15.3. The smallest absolute Gasteiger partial charge is 0.305 e. The second-order valence-electron chi connectivity index (χ2n) is 6.36. The molecule has 0 heterocycles. The molecule has 3 heteroatoms. The van der Waals surface area contributed by atoms with E-state index in [0.717, 1.165) is 37.7 Å². The van der Waals surface area contributed by atoms with Crippen LogP contribution in [-0.2, 0) is 14.3 Å². The molecule has 1 unspecified atom stereocenters. The minimum Gasteiger partial charge on any atom is -0.469 e. The monoisotopic (exact) mass is 332 g/mol. The predicted octanol–water partition coefficient (Wildman–Crippen LogP) is 5.32. The molecule has 0 aliphatic heterocycles. The number of esters is 1. The van der Waals surface area contributed by atoms with E-state index in [9.17, 15) is 9.59 Å². The average Bonchev–Trinajstić information content (AvgIpc) is 2.94. The highest BCUT2D eigenvalue weighted by Gasteiger charge is 2.19. The topological polar surface area (TPSA) is 43.4 Å². The lowest BCUT2D eigenvalue weighted by Crippen LogP contribution is -2.01. The molecule has 0 saturated carbocycles. The van der Waals surface area contributed by atoms with Crippen LogP contribution in [-0.4, -0.2) is 18.9 Å². The molecule has 1 atom stereocenters. The predicted molar refractivity (Wildman–Crippen MR) is 98.7 cm³/mol. The third-order valence-electron chi connectivity index (χ3n) is 4.34. The lowest BCUT2D eigenvalue weighted by molar-refractivity contribution is -0.140. The molecular weight excluding hydrogens is 300 g/mol. The molecule has 0 saturated heterocycles. The molecule has 0 radical (unpaired) electrons. The Bertz CT molecular complexity index is 471. The minimum absolute atomic E-state index is 0.144. The van der Waals surface area contributed by atoms with Gasteiger partial charge in [0.05, 0.1) is 7.11 Å². The van der Waals surface area contributed by atoms with Gasteiger partial charge in [-0.2, -0.15) is 0 Å². The molecule has 1 rings (SSSR count). The van der Waals surface area contributed by atoms with Crippen LogP contribution in [0.5, 0.6) is 0 Å². The molecule has 24 heavy (non-hydrogen) atoms. The van der Waals surface area contributed by atoms with E-state index < -0.39 is 0 Å². The van der Waals surface area contributed by atoms with Crippen molar-refractivity contribution in [3.8, 4) is 0 Å². The number of hydrogen-bond acceptors (Lipinski definition) is 3. The van der Waals surface area contributed by atoms with Gasteiger partial charge in [-0.1, -0.05) is 56.9 Å². The highest BCUT2D eigenvalue weighted by molar-refractivity contribution is 6.07. The molecule has 3 nitrogen and oxygen atoms in total. The fraction of sp³-hybridized carbons (Fsp3) is 0.619. The standard InChI is InChI=1S/C21H32O3/c1-3-4-5-6-7-10-13-18-16-17-20(22)19(18)14-11-8-9-12-15-21(23)24-2/h10,13-14,16-18H,3-9,11-12,15H2,1-2H3/b13-10+,19-14-.